The fraction of sp³-hybridized carbons (Fsp3) is 0.571. The first-order chi connectivity index (χ1) is 9.26. The Kier molecular flexibility index (Phi) is 4.74. The number of aliphatic hydroxyl groups excluding tert-OH is 1. The Hall–Kier alpha value is -1.62. The number of carbonyl (C=O) groups is 1. The molecule has 1 saturated heterocycles. The van der Waals surface area contributed by atoms with E-state index in [9.17, 15) is 4.79 Å². The van der Waals surface area contributed by atoms with Crippen molar-refractivity contribution in [1.29, 1.82) is 0 Å². The molecule has 0 atom stereocenters. The predicted octanol–water partition coefficient (Wildman–Crippen LogP) is 1.32. The second-order valence-corrected chi connectivity index (χ2v) is 4.70. The molecule has 0 aliphatic carbocycles. The summed E-state index contributed by atoms with van der Waals surface area (Å²) in [6.07, 6.45) is 3.30. The molecule has 2 rings (SSSR count). The first-order valence-corrected chi connectivity index (χ1v) is 6.74. The second-order valence-electron chi connectivity index (χ2n) is 4.70. The van der Waals surface area contributed by atoms with E-state index >= 15 is 0 Å². The molecule has 0 bridgehead atoms. The van der Waals surface area contributed by atoms with Crippen LogP contribution in [-0.4, -0.2) is 47.2 Å². The van der Waals surface area contributed by atoms with Gasteiger partial charge in [-0.2, -0.15) is 0 Å². The minimum atomic E-state index is -0.0829. The highest BCUT2D eigenvalue weighted by Crippen LogP contribution is 2.22. The predicted molar refractivity (Wildman–Crippen MR) is 71.1 cm³/mol. The molecule has 0 unspecified atom stereocenters. The summed E-state index contributed by atoms with van der Waals surface area (Å²) >= 11 is 0. The van der Waals surface area contributed by atoms with Crippen LogP contribution in [0.3, 0.4) is 0 Å². The Labute approximate surface area is 113 Å². The van der Waals surface area contributed by atoms with Crippen molar-refractivity contribution in [2.24, 2.45) is 5.92 Å². The van der Waals surface area contributed by atoms with E-state index in [0.29, 0.717) is 37.1 Å². The summed E-state index contributed by atoms with van der Waals surface area (Å²) in [5.41, 5.74) is 0.381. The van der Waals surface area contributed by atoms with Crippen molar-refractivity contribution in [3.05, 3.63) is 24.0 Å². The molecule has 5 nitrogen and oxygen atoms in total. The van der Waals surface area contributed by atoms with E-state index in [1.807, 2.05) is 6.92 Å². The third-order valence-corrected chi connectivity index (χ3v) is 3.43. The highest BCUT2D eigenvalue weighted by molar-refractivity contribution is 5.95. The van der Waals surface area contributed by atoms with Gasteiger partial charge < -0.3 is 14.7 Å². The topological polar surface area (TPSA) is 62.7 Å². The van der Waals surface area contributed by atoms with Crippen LogP contribution in [0.4, 0.5) is 0 Å². The number of nitrogens with zero attached hydrogens (tertiary/aromatic N) is 2. The van der Waals surface area contributed by atoms with Crippen LogP contribution in [0.2, 0.25) is 0 Å². The van der Waals surface area contributed by atoms with Gasteiger partial charge in [0.25, 0.3) is 5.91 Å². The molecule has 0 aromatic carbocycles. The monoisotopic (exact) mass is 264 g/mol. The number of ether oxygens (including phenoxy) is 1. The Morgan fingerprint density at radius 1 is 1.53 bits per heavy atom. The molecule has 0 saturated carbocycles. The van der Waals surface area contributed by atoms with Gasteiger partial charge in [-0.25, -0.2) is 4.98 Å². The van der Waals surface area contributed by atoms with Crippen LogP contribution in [0.5, 0.6) is 5.75 Å². The molecule has 0 radical (unpaired) electrons. The molecule has 1 aromatic rings. The van der Waals surface area contributed by atoms with Crippen molar-refractivity contribution in [1.82, 2.24) is 9.88 Å². The Bertz CT molecular complexity index is 428. The maximum atomic E-state index is 12.4. The summed E-state index contributed by atoms with van der Waals surface area (Å²) in [7, 11) is 0. The number of likely N-dealkylation sites (tertiary alicyclic amines) is 1. The van der Waals surface area contributed by atoms with Gasteiger partial charge in [0, 0.05) is 25.9 Å². The van der Waals surface area contributed by atoms with E-state index in [4.69, 9.17) is 9.84 Å². The number of rotatable bonds is 4. The van der Waals surface area contributed by atoms with E-state index in [0.717, 1.165) is 12.8 Å². The second kappa shape index (κ2) is 6.52. The lowest BCUT2D eigenvalue weighted by Crippen LogP contribution is -2.39. The van der Waals surface area contributed by atoms with Crippen LogP contribution in [-0.2, 0) is 0 Å². The average Bonchev–Trinajstić information content (AvgIpc) is 2.47. The van der Waals surface area contributed by atoms with E-state index < -0.39 is 0 Å². The fourth-order valence-corrected chi connectivity index (χ4v) is 2.29. The summed E-state index contributed by atoms with van der Waals surface area (Å²) < 4.78 is 5.44. The van der Waals surface area contributed by atoms with Crippen LogP contribution < -0.4 is 4.74 Å². The number of pyridine rings is 1. The molecule has 104 valence electrons. The lowest BCUT2D eigenvalue weighted by atomic mass is 9.97. The van der Waals surface area contributed by atoms with Crippen LogP contribution in [0.1, 0.15) is 30.3 Å². The van der Waals surface area contributed by atoms with Crippen LogP contribution in [0.15, 0.2) is 18.3 Å². The van der Waals surface area contributed by atoms with Gasteiger partial charge in [0.2, 0.25) is 0 Å². The van der Waals surface area contributed by atoms with Crippen LogP contribution in [0, 0.1) is 5.92 Å². The number of aromatic nitrogens is 1. The molecule has 1 aliphatic heterocycles. The largest absolute Gasteiger partial charge is 0.491 e. The lowest BCUT2D eigenvalue weighted by molar-refractivity contribution is 0.0641. The summed E-state index contributed by atoms with van der Waals surface area (Å²) in [6.45, 7) is 3.95. The normalized spacial score (nSPS) is 16.4. The van der Waals surface area contributed by atoms with Crippen LogP contribution in [0.25, 0.3) is 0 Å². The number of aliphatic hydroxyl groups is 1. The number of hydrogen-bond donors (Lipinski definition) is 1. The zero-order chi connectivity index (χ0) is 13.7. The lowest BCUT2D eigenvalue weighted by Gasteiger charge is -2.31. The molecule has 1 amide bonds. The molecule has 0 spiro atoms. The molecule has 1 N–H and O–H groups in total. The number of amides is 1. The summed E-state index contributed by atoms with van der Waals surface area (Å²) in [5.74, 6) is 0.777. The molecule has 2 heterocycles. The Morgan fingerprint density at radius 3 is 2.89 bits per heavy atom. The molecule has 19 heavy (non-hydrogen) atoms. The van der Waals surface area contributed by atoms with E-state index in [1.165, 1.54) is 0 Å². The van der Waals surface area contributed by atoms with E-state index in [-0.39, 0.29) is 12.5 Å². The van der Waals surface area contributed by atoms with E-state index in [2.05, 4.69) is 4.98 Å². The molecular formula is C14H20N2O3. The zero-order valence-electron chi connectivity index (χ0n) is 11.2. The SMILES string of the molecule is CCOc1cccnc1C(=O)N1CCC(CO)CC1. The standard InChI is InChI=1S/C14H20N2O3/c1-2-19-12-4-3-7-15-13(12)14(18)16-8-5-11(10-17)6-9-16/h3-4,7,11,17H,2,5-6,8-10H2,1H3. The van der Waals surface area contributed by atoms with E-state index in [1.54, 1.807) is 23.2 Å². The van der Waals surface area contributed by atoms with Gasteiger partial charge in [0.15, 0.2) is 11.4 Å². The van der Waals surface area contributed by atoms with Gasteiger partial charge >= 0.3 is 0 Å². The van der Waals surface area contributed by atoms with Crippen molar-refractivity contribution in [2.75, 3.05) is 26.3 Å². The van der Waals surface area contributed by atoms with Gasteiger partial charge in [-0.1, -0.05) is 0 Å². The van der Waals surface area contributed by atoms with Gasteiger partial charge in [0.05, 0.1) is 6.61 Å². The summed E-state index contributed by atoms with van der Waals surface area (Å²) in [4.78, 5) is 18.3. The summed E-state index contributed by atoms with van der Waals surface area (Å²) in [6, 6.07) is 3.53. The number of piperidine rings is 1. The minimum absolute atomic E-state index is 0.0829. The number of carbonyl (C=O) groups excluding carboxylic acids is 1. The van der Waals surface area contributed by atoms with Crippen molar-refractivity contribution in [3.63, 3.8) is 0 Å². The fourth-order valence-electron chi connectivity index (χ4n) is 2.29. The maximum Gasteiger partial charge on any atom is 0.276 e. The first-order valence-electron chi connectivity index (χ1n) is 6.74. The highest BCUT2D eigenvalue weighted by Gasteiger charge is 2.25. The molecule has 1 aliphatic rings. The minimum Gasteiger partial charge on any atom is -0.491 e. The number of hydrogen-bond acceptors (Lipinski definition) is 4. The Balaban J connectivity index is 2.07. The van der Waals surface area contributed by atoms with Crippen molar-refractivity contribution in [3.8, 4) is 5.75 Å². The smallest absolute Gasteiger partial charge is 0.276 e. The van der Waals surface area contributed by atoms with Gasteiger partial charge in [-0.15, -0.1) is 0 Å². The quantitative estimate of drug-likeness (QED) is 0.891. The maximum absolute atomic E-state index is 12.4. The zero-order valence-corrected chi connectivity index (χ0v) is 11.2. The third kappa shape index (κ3) is 3.23. The van der Waals surface area contributed by atoms with Gasteiger partial charge in [-0.05, 0) is 37.8 Å². The molecule has 1 aromatic heterocycles. The highest BCUT2D eigenvalue weighted by atomic mass is 16.5. The van der Waals surface area contributed by atoms with Gasteiger partial charge in [-0.3, -0.25) is 4.79 Å². The molecular weight excluding hydrogens is 244 g/mol. The average molecular weight is 264 g/mol. The third-order valence-electron chi connectivity index (χ3n) is 3.43. The van der Waals surface area contributed by atoms with Gasteiger partial charge in [0.1, 0.15) is 0 Å². The summed E-state index contributed by atoms with van der Waals surface area (Å²) in [5, 5.41) is 9.11. The molecule has 1 fully saturated rings. The van der Waals surface area contributed by atoms with Crippen LogP contribution >= 0.6 is 0 Å². The van der Waals surface area contributed by atoms with Crippen molar-refractivity contribution >= 4 is 5.91 Å². The van der Waals surface area contributed by atoms with Crippen molar-refractivity contribution < 1.29 is 14.6 Å². The first kappa shape index (κ1) is 13.8. The molecule has 5 heteroatoms. The van der Waals surface area contributed by atoms with Crippen molar-refractivity contribution in [2.45, 2.75) is 19.8 Å². The Morgan fingerprint density at radius 2 is 2.26 bits per heavy atom.